The van der Waals surface area contributed by atoms with Gasteiger partial charge in [-0.1, -0.05) is 39.0 Å². The Labute approximate surface area is 93.4 Å². The van der Waals surface area contributed by atoms with Crippen LogP contribution in [0.3, 0.4) is 0 Å². The molecule has 0 aromatic heterocycles. The molecule has 2 nitrogen and oxygen atoms in total. The first-order chi connectivity index (χ1) is 7.22. The lowest BCUT2D eigenvalue weighted by Crippen LogP contribution is -2.20. The third-order valence-electron chi connectivity index (χ3n) is 3.28. The van der Waals surface area contributed by atoms with Gasteiger partial charge in [0.1, 0.15) is 0 Å². The molecule has 0 aromatic rings. The van der Waals surface area contributed by atoms with Crippen LogP contribution in [-0.2, 0) is 9.53 Å². The number of hydrogen-bond donors (Lipinski definition) is 0. The van der Waals surface area contributed by atoms with Crippen LogP contribution in [-0.4, -0.2) is 12.6 Å². The Bertz CT molecular complexity index is 189. The fourth-order valence-corrected chi connectivity index (χ4v) is 2.48. The summed E-state index contributed by atoms with van der Waals surface area (Å²) in [5, 5.41) is 0. The molecule has 0 heterocycles. The average molecular weight is 211 g/mol. The van der Waals surface area contributed by atoms with E-state index in [1.165, 1.54) is 45.4 Å². The highest BCUT2D eigenvalue weighted by Gasteiger charge is 2.22. The molecule has 87 valence electrons. The number of hydrogen-bond acceptors (Lipinski definition) is 2. The summed E-state index contributed by atoms with van der Waals surface area (Å²) in [6.45, 7) is 6.00. The molecule has 0 saturated heterocycles. The molecular formula is C13H23O2. The molecular weight excluding hydrogens is 188 g/mol. The number of esters is 1. The van der Waals surface area contributed by atoms with Gasteiger partial charge in [-0.15, -0.1) is 0 Å². The molecule has 2 unspecified atom stereocenters. The van der Waals surface area contributed by atoms with Crippen LogP contribution < -0.4 is 0 Å². The van der Waals surface area contributed by atoms with E-state index >= 15 is 0 Å². The predicted molar refractivity (Wildman–Crippen MR) is 61.3 cm³/mol. The van der Waals surface area contributed by atoms with Crippen molar-refractivity contribution in [1.29, 1.82) is 0 Å². The molecule has 0 aliphatic heterocycles. The van der Waals surface area contributed by atoms with Gasteiger partial charge in [0, 0.05) is 6.92 Å². The Kier molecular flexibility index (Phi) is 5.74. The Morgan fingerprint density at radius 2 is 2.13 bits per heavy atom. The van der Waals surface area contributed by atoms with Crippen molar-refractivity contribution in [2.75, 3.05) is 6.61 Å². The average Bonchev–Trinajstić information content (AvgIpc) is 2.24. The SMILES string of the molecule is [CH2]CCCC1CCCC(COC(C)=O)C1. The topological polar surface area (TPSA) is 26.3 Å². The summed E-state index contributed by atoms with van der Waals surface area (Å²) in [4.78, 5) is 10.7. The van der Waals surface area contributed by atoms with Gasteiger partial charge >= 0.3 is 5.97 Å². The fourth-order valence-electron chi connectivity index (χ4n) is 2.48. The molecule has 2 atom stereocenters. The van der Waals surface area contributed by atoms with Crippen LogP contribution in [0.1, 0.15) is 51.9 Å². The summed E-state index contributed by atoms with van der Waals surface area (Å²) in [6.07, 6.45) is 8.72. The largest absolute Gasteiger partial charge is 0.466 e. The number of carbonyl (C=O) groups excluding carboxylic acids is 1. The van der Waals surface area contributed by atoms with Crippen LogP contribution in [0.4, 0.5) is 0 Å². The number of carbonyl (C=O) groups is 1. The first-order valence-corrected chi connectivity index (χ1v) is 6.15. The van der Waals surface area contributed by atoms with E-state index in [9.17, 15) is 4.79 Å². The summed E-state index contributed by atoms with van der Waals surface area (Å²) in [6, 6.07) is 0. The van der Waals surface area contributed by atoms with E-state index in [-0.39, 0.29) is 5.97 Å². The third-order valence-corrected chi connectivity index (χ3v) is 3.28. The van der Waals surface area contributed by atoms with Crippen LogP contribution in [0.2, 0.25) is 0 Å². The van der Waals surface area contributed by atoms with Crippen molar-refractivity contribution in [3.63, 3.8) is 0 Å². The van der Waals surface area contributed by atoms with Gasteiger partial charge in [0.15, 0.2) is 0 Å². The zero-order valence-corrected chi connectivity index (χ0v) is 9.84. The second-order valence-corrected chi connectivity index (χ2v) is 4.70. The minimum Gasteiger partial charge on any atom is -0.466 e. The molecule has 0 N–H and O–H groups in total. The van der Waals surface area contributed by atoms with Gasteiger partial charge in [-0.3, -0.25) is 4.79 Å². The van der Waals surface area contributed by atoms with Crippen molar-refractivity contribution < 1.29 is 9.53 Å². The zero-order chi connectivity index (χ0) is 11.1. The number of ether oxygens (including phenoxy) is 1. The van der Waals surface area contributed by atoms with Crippen LogP contribution >= 0.6 is 0 Å². The lowest BCUT2D eigenvalue weighted by Gasteiger charge is -2.28. The van der Waals surface area contributed by atoms with Gasteiger partial charge in [0.2, 0.25) is 0 Å². The monoisotopic (exact) mass is 211 g/mol. The third kappa shape index (κ3) is 5.19. The van der Waals surface area contributed by atoms with Gasteiger partial charge in [0.05, 0.1) is 6.61 Å². The van der Waals surface area contributed by atoms with E-state index in [1.54, 1.807) is 0 Å². The normalized spacial score (nSPS) is 26.3. The standard InChI is InChI=1S/C13H23O2/c1-3-4-6-12-7-5-8-13(9-12)10-15-11(2)14/h12-13H,1,3-10H2,2H3. The maximum atomic E-state index is 10.7. The lowest BCUT2D eigenvalue weighted by molar-refractivity contribution is -0.142. The van der Waals surface area contributed by atoms with Crippen molar-refractivity contribution in [3.8, 4) is 0 Å². The molecule has 1 aliphatic carbocycles. The second kappa shape index (κ2) is 6.86. The quantitative estimate of drug-likeness (QED) is 0.652. The highest BCUT2D eigenvalue weighted by atomic mass is 16.5. The molecule has 0 bridgehead atoms. The van der Waals surface area contributed by atoms with Crippen LogP contribution in [0.5, 0.6) is 0 Å². The van der Waals surface area contributed by atoms with E-state index in [0.717, 1.165) is 12.3 Å². The van der Waals surface area contributed by atoms with Crippen molar-refractivity contribution >= 4 is 5.97 Å². The van der Waals surface area contributed by atoms with E-state index in [0.29, 0.717) is 12.5 Å². The molecule has 1 aliphatic rings. The Morgan fingerprint density at radius 3 is 2.80 bits per heavy atom. The summed E-state index contributed by atoms with van der Waals surface area (Å²) in [7, 11) is 0. The van der Waals surface area contributed by atoms with Crippen LogP contribution in [0.25, 0.3) is 0 Å². The van der Waals surface area contributed by atoms with Gasteiger partial charge < -0.3 is 4.74 Å². The van der Waals surface area contributed by atoms with Crippen molar-refractivity contribution in [2.24, 2.45) is 11.8 Å². The highest BCUT2D eigenvalue weighted by molar-refractivity contribution is 5.65. The van der Waals surface area contributed by atoms with Crippen LogP contribution in [0, 0.1) is 18.8 Å². The van der Waals surface area contributed by atoms with Crippen molar-refractivity contribution in [2.45, 2.75) is 51.9 Å². The molecule has 0 amide bonds. The smallest absolute Gasteiger partial charge is 0.302 e. The molecule has 1 saturated carbocycles. The second-order valence-electron chi connectivity index (χ2n) is 4.70. The van der Waals surface area contributed by atoms with E-state index < -0.39 is 0 Å². The summed E-state index contributed by atoms with van der Waals surface area (Å²) in [5.74, 6) is 1.31. The van der Waals surface area contributed by atoms with Gasteiger partial charge in [-0.05, 0) is 24.7 Å². The lowest BCUT2D eigenvalue weighted by atomic mass is 9.79. The first kappa shape index (κ1) is 12.5. The summed E-state index contributed by atoms with van der Waals surface area (Å²) < 4.78 is 5.08. The van der Waals surface area contributed by atoms with Gasteiger partial charge in [-0.25, -0.2) is 0 Å². The predicted octanol–water partition coefficient (Wildman–Crippen LogP) is 3.36. The van der Waals surface area contributed by atoms with E-state index in [2.05, 4.69) is 6.92 Å². The molecule has 0 spiro atoms. The van der Waals surface area contributed by atoms with Gasteiger partial charge in [0.25, 0.3) is 0 Å². The summed E-state index contributed by atoms with van der Waals surface area (Å²) in [5.41, 5.74) is 0. The minimum absolute atomic E-state index is 0.144. The molecule has 15 heavy (non-hydrogen) atoms. The Hall–Kier alpha value is -0.530. The molecule has 1 rings (SSSR count). The summed E-state index contributed by atoms with van der Waals surface area (Å²) >= 11 is 0. The highest BCUT2D eigenvalue weighted by Crippen LogP contribution is 2.32. The maximum absolute atomic E-state index is 10.7. The van der Waals surface area contributed by atoms with E-state index in [1.807, 2.05) is 0 Å². The Morgan fingerprint density at radius 1 is 1.40 bits per heavy atom. The molecule has 1 radical (unpaired) electrons. The number of unbranched alkanes of at least 4 members (excludes halogenated alkanes) is 1. The maximum Gasteiger partial charge on any atom is 0.302 e. The fraction of sp³-hybridized carbons (Fsp3) is 0.846. The van der Waals surface area contributed by atoms with Gasteiger partial charge in [-0.2, -0.15) is 0 Å². The minimum atomic E-state index is -0.144. The number of rotatable bonds is 5. The van der Waals surface area contributed by atoms with Crippen molar-refractivity contribution in [1.82, 2.24) is 0 Å². The van der Waals surface area contributed by atoms with Crippen molar-refractivity contribution in [3.05, 3.63) is 6.92 Å². The molecule has 1 fully saturated rings. The Balaban J connectivity index is 2.19. The molecule has 2 heteroatoms. The first-order valence-electron chi connectivity index (χ1n) is 6.15. The molecule has 0 aromatic carbocycles. The zero-order valence-electron chi connectivity index (χ0n) is 9.84. The van der Waals surface area contributed by atoms with Crippen LogP contribution in [0.15, 0.2) is 0 Å². The van der Waals surface area contributed by atoms with E-state index in [4.69, 9.17) is 4.74 Å².